The van der Waals surface area contributed by atoms with Crippen LogP contribution in [-0.2, 0) is 17.4 Å². The standard InChI is InChI=1S/C11H9F3N2O3/c1-6(17)15-3-2-7-4-10(16(18)19)8(5-9(7)15)11(12,13)14/h4-5H,2-3H2,1H3. The highest BCUT2D eigenvalue weighted by Crippen LogP contribution is 2.41. The predicted octanol–water partition coefficient (Wildman–Crippen LogP) is 2.52. The van der Waals surface area contributed by atoms with Crippen molar-refractivity contribution in [1.29, 1.82) is 0 Å². The van der Waals surface area contributed by atoms with E-state index in [0.29, 0.717) is 18.1 Å². The first kappa shape index (κ1) is 13.3. The quantitative estimate of drug-likeness (QED) is 0.584. The van der Waals surface area contributed by atoms with Crippen LogP contribution >= 0.6 is 0 Å². The number of hydrogen-bond acceptors (Lipinski definition) is 3. The third-order valence-corrected chi connectivity index (χ3v) is 2.97. The van der Waals surface area contributed by atoms with Gasteiger partial charge in [0.05, 0.1) is 4.92 Å². The summed E-state index contributed by atoms with van der Waals surface area (Å²) in [6.45, 7) is 1.48. The van der Waals surface area contributed by atoms with Crippen LogP contribution in [0, 0.1) is 10.1 Å². The molecule has 102 valence electrons. The maximum absolute atomic E-state index is 12.8. The van der Waals surface area contributed by atoms with Crippen molar-refractivity contribution in [2.75, 3.05) is 11.4 Å². The lowest BCUT2D eigenvalue weighted by molar-refractivity contribution is -0.388. The number of halogens is 3. The van der Waals surface area contributed by atoms with Crippen molar-refractivity contribution in [3.63, 3.8) is 0 Å². The van der Waals surface area contributed by atoms with E-state index in [1.54, 1.807) is 0 Å². The molecule has 5 nitrogen and oxygen atoms in total. The van der Waals surface area contributed by atoms with Gasteiger partial charge in [0, 0.05) is 25.2 Å². The number of nitro benzene ring substituents is 1. The van der Waals surface area contributed by atoms with Crippen molar-refractivity contribution in [2.45, 2.75) is 19.5 Å². The monoisotopic (exact) mass is 274 g/mol. The number of carbonyl (C=O) groups is 1. The van der Waals surface area contributed by atoms with E-state index in [1.165, 1.54) is 11.8 Å². The number of anilines is 1. The molecule has 1 aromatic rings. The maximum Gasteiger partial charge on any atom is 0.423 e. The van der Waals surface area contributed by atoms with Gasteiger partial charge >= 0.3 is 6.18 Å². The van der Waals surface area contributed by atoms with Gasteiger partial charge in [-0.25, -0.2) is 0 Å². The Labute approximate surface area is 105 Å². The summed E-state index contributed by atoms with van der Waals surface area (Å²) < 4.78 is 38.4. The number of benzene rings is 1. The van der Waals surface area contributed by atoms with E-state index in [1.807, 2.05) is 0 Å². The first-order valence-corrected chi connectivity index (χ1v) is 5.38. The number of hydrogen-bond donors (Lipinski definition) is 0. The van der Waals surface area contributed by atoms with Crippen molar-refractivity contribution < 1.29 is 22.9 Å². The number of amides is 1. The summed E-state index contributed by atoms with van der Waals surface area (Å²) in [7, 11) is 0. The van der Waals surface area contributed by atoms with E-state index in [-0.39, 0.29) is 18.1 Å². The predicted molar refractivity (Wildman–Crippen MR) is 59.8 cm³/mol. The van der Waals surface area contributed by atoms with Crippen molar-refractivity contribution in [1.82, 2.24) is 0 Å². The zero-order valence-corrected chi connectivity index (χ0v) is 9.82. The fraction of sp³-hybridized carbons (Fsp3) is 0.364. The summed E-state index contributed by atoms with van der Waals surface area (Å²) in [5.41, 5.74) is -1.82. The molecule has 1 heterocycles. The van der Waals surface area contributed by atoms with E-state index in [2.05, 4.69) is 0 Å². The maximum atomic E-state index is 12.8. The second-order valence-corrected chi connectivity index (χ2v) is 4.17. The van der Waals surface area contributed by atoms with Gasteiger partial charge in [-0.2, -0.15) is 13.2 Å². The molecule has 8 heteroatoms. The van der Waals surface area contributed by atoms with Crippen LogP contribution in [0.1, 0.15) is 18.1 Å². The first-order valence-electron chi connectivity index (χ1n) is 5.38. The van der Waals surface area contributed by atoms with Crippen LogP contribution < -0.4 is 4.90 Å². The molecule has 1 amide bonds. The van der Waals surface area contributed by atoms with Gasteiger partial charge in [-0.15, -0.1) is 0 Å². The van der Waals surface area contributed by atoms with Crippen molar-refractivity contribution in [3.8, 4) is 0 Å². The minimum Gasteiger partial charge on any atom is -0.312 e. The van der Waals surface area contributed by atoms with Crippen LogP contribution in [0.3, 0.4) is 0 Å². The Morgan fingerprint density at radius 1 is 1.42 bits per heavy atom. The van der Waals surface area contributed by atoms with Gasteiger partial charge in [0.1, 0.15) is 5.56 Å². The lowest BCUT2D eigenvalue weighted by Gasteiger charge is -2.16. The molecule has 0 spiro atoms. The van der Waals surface area contributed by atoms with Crippen molar-refractivity contribution in [2.24, 2.45) is 0 Å². The minimum absolute atomic E-state index is 0.102. The molecule has 0 atom stereocenters. The third kappa shape index (κ3) is 2.25. The molecular weight excluding hydrogens is 265 g/mol. The van der Waals surface area contributed by atoms with Crippen LogP contribution in [-0.4, -0.2) is 17.4 Å². The SMILES string of the molecule is CC(=O)N1CCc2cc([N+](=O)[O-])c(C(F)(F)F)cc21. The molecule has 1 aromatic carbocycles. The Hall–Kier alpha value is -2.12. The fourth-order valence-electron chi connectivity index (χ4n) is 2.13. The van der Waals surface area contributed by atoms with Crippen LogP contribution in [0.5, 0.6) is 0 Å². The minimum atomic E-state index is -4.83. The smallest absolute Gasteiger partial charge is 0.312 e. The van der Waals surface area contributed by atoms with Crippen molar-refractivity contribution >= 4 is 17.3 Å². The molecular formula is C11H9F3N2O3. The topological polar surface area (TPSA) is 63.5 Å². The summed E-state index contributed by atoms with van der Waals surface area (Å²) in [4.78, 5) is 22.1. The summed E-state index contributed by atoms with van der Waals surface area (Å²) >= 11 is 0. The van der Waals surface area contributed by atoms with Gasteiger partial charge in [-0.05, 0) is 18.1 Å². The van der Waals surface area contributed by atoms with Gasteiger partial charge in [0.2, 0.25) is 5.91 Å². The molecule has 0 unspecified atom stereocenters. The highest BCUT2D eigenvalue weighted by Gasteiger charge is 2.40. The van der Waals surface area contributed by atoms with Gasteiger partial charge in [-0.3, -0.25) is 14.9 Å². The molecule has 2 rings (SSSR count). The number of rotatable bonds is 1. The number of fused-ring (bicyclic) bond motifs is 1. The van der Waals surface area contributed by atoms with Crippen LogP contribution in [0.15, 0.2) is 12.1 Å². The van der Waals surface area contributed by atoms with Gasteiger partial charge in [-0.1, -0.05) is 0 Å². The average Bonchev–Trinajstić information content (AvgIpc) is 2.68. The molecule has 0 N–H and O–H groups in total. The average molecular weight is 274 g/mol. The van der Waals surface area contributed by atoms with Gasteiger partial charge in [0.15, 0.2) is 0 Å². The van der Waals surface area contributed by atoms with Crippen LogP contribution in [0.25, 0.3) is 0 Å². The van der Waals surface area contributed by atoms with E-state index in [4.69, 9.17) is 0 Å². The molecule has 1 aliphatic rings. The second-order valence-electron chi connectivity index (χ2n) is 4.17. The second kappa shape index (κ2) is 4.22. The molecule has 0 saturated heterocycles. The van der Waals surface area contributed by atoms with Crippen LogP contribution in [0.4, 0.5) is 24.5 Å². The first-order chi connectivity index (χ1) is 8.71. The Kier molecular flexibility index (Phi) is 2.95. The summed E-state index contributed by atoms with van der Waals surface area (Å²) in [5.74, 6) is -0.388. The highest BCUT2D eigenvalue weighted by atomic mass is 19.4. The zero-order chi connectivity index (χ0) is 14.4. The third-order valence-electron chi connectivity index (χ3n) is 2.97. The molecule has 0 saturated carbocycles. The Balaban J connectivity index is 2.64. The zero-order valence-electron chi connectivity index (χ0n) is 9.82. The summed E-state index contributed by atoms with van der Waals surface area (Å²) in [6, 6.07) is 1.59. The van der Waals surface area contributed by atoms with Crippen LogP contribution in [0.2, 0.25) is 0 Å². The molecule has 0 aliphatic carbocycles. The molecule has 0 fully saturated rings. The number of alkyl halides is 3. The molecule has 0 bridgehead atoms. The molecule has 1 aliphatic heterocycles. The van der Waals surface area contributed by atoms with E-state index >= 15 is 0 Å². The Bertz CT molecular complexity index is 569. The molecule has 19 heavy (non-hydrogen) atoms. The Morgan fingerprint density at radius 3 is 2.53 bits per heavy atom. The number of carbonyl (C=O) groups excluding carboxylic acids is 1. The lowest BCUT2D eigenvalue weighted by Crippen LogP contribution is -2.26. The van der Waals surface area contributed by atoms with Gasteiger partial charge in [0.25, 0.3) is 5.69 Å². The van der Waals surface area contributed by atoms with Crippen molar-refractivity contribution in [3.05, 3.63) is 33.4 Å². The number of nitrogens with zero attached hydrogens (tertiary/aromatic N) is 2. The lowest BCUT2D eigenvalue weighted by atomic mass is 10.1. The van der Waals surface area contributed by atoms with Gasteiger partial charge < -0.3 is 4.90 Å². The summed E-state index contributed by atoms with van der Waals surface area (Å²) in [6.07, 6.45) is -4.52. The fourth-order valence-corrected chi connectivity index (χ4v) is 2.13. The normalized spacial score (nSPS) is 14.4. The van der Waals surface area contributed by atoms with E-state index < -0.39 is 22.4 Å². The largest absolute Gasteiger partial charge is 0.423 e. The molecule has 0 aromatic heterocycles. The number of nitro groups is 1. The summed E-state index contributed by atoms with van der Waals surface area (Å²) in [5, 5.41) is 10.7. The van der Waals surface area contributed by atoms with E-state index in [9.17, 15) is 28.1 Å². The highest BCUT2D eigenvalue weighted by molar-refractivity contribution is 5.94. The molecule has 0 radical (unpaired) electrons. The van der Waals surface area contributed by atoms with E-state index in [0.717, 1.165) is 6.07 Å². The Morgan fingerprint density at radius 2 is 2.05 bits per heavy atom.